The summed E-state index contributed by atoms with van der Waals surface area (Å²) in [5.41, 5.74) is 2.77. The second kappa shape index (κ2) is 9.11. The molecule has 2 heterocycles. The molecule has 3 rings (SSSR count). The average Bonchev–Trinajstić information content (AvgIpc) is 2.70. The van der Waals surface area contributed by atoms with E-state index in [2.05, 4.69) is 53.0 Å². The van der Waals surface area contributed by atoms with Gasteiger partial charge in [0.05, 0.1) is 5.02 Å². The number of hydrogen-bond acceptors (Lipinski definition) is 4. The molecule has 1 amide bonds. The SMILES string of the molecule is CCN(c1ccc(NC(=O)C2=CCN(c3ncccc3Cl)CC2)cc1)C(C)C. The van der Waals surface area contributed by atoms with Crippen LogP contribution in [-0.4, -0.2) is 36.6 Å². The number of benzene rings is 1. The van der Waals surface area contributed by atoms with Crippen molar-refractivity contribution < 1.29 is 4.79 Å². The number of carbonyl (C=O) groups excluding carboxylic acids is 1. The van der Waals surface area contributed by atoms with Crippen molar-refractivity contribution >= 4 is 34.7 Å². The number of hydrogen-bond donors (Lipinski definition) is 1. The molecule has 1 N–H and O–H groups in total. The van der Waals surface area contributed by atoms with E-state index in [1.807, 2.05) is 30.3 Å². The van der Waals surface area contributed by atoms with Crippen molar-refractivity contribution in [2.24, 2.45) is 0 Å². The second-order valence-electron chi connectivity index (χ2n) is 7.11. The molecule has 0 saturated carbocycles. The monoisotopic (exact) mass is 398 g/mol. The normalized spacial score (nSPS) is 14.0. The highest BCUT2D eigenvalue weighted by atomic mass is 35.5. The third-order valence-electron chi connectivity index (χ3n) is 4.96. The molecular formula is C22H27ClN4O. The molecule has 1 aromatic carbocycles. The van der Waals surface area contributed by atoms with E-state index in [1.54, 1.807) is 6.20 Å². The van der Waals surface area contributed by atoms with Crippen molar-refractivity contribution in [1.29, 1.82) is 0 Å². The van der Waals surface area contributed by atoms with Gasteiger partial charge in [-0.2, -0.15) is 0 Å². The number of anilines is 3. The van der Waals surface area contributed by atoms with Crippen LogP contribution in [0.25, 0.3) is 0 Å². The Morgan fingerprint density at radius 2 is 2.04 bits per heavy atom. The van der Waals surface area contributed by atoms with Crippen molar-refractivity contribution in [2.75, 3.05) is 34.8 Å². The van der Waals surface area contributed by atoms with Gasteiger partial charge in [0.15, 0.2) is 0 Å². The molecule has 0 saturated heterocycles. The first-order valence-electron chi connectivity index (χ1n) is 9.72. The molecule has 0 atom stereocenters. The van der Waals surface area contributed by atoms with Gasteiger partial charge < -0.3 is 15.1 Å². The fourth-order valence-electron chi connectivity index (χ4n) is 3.47. The van der Waals surface area contributed by atoms with Crippen LogP contribution in [0, 0.1) is 0 Å². The van der Waals surface area contributed by atoms with Crippen LogP contribution in [0.1, 0.15) is 27.2 Å². The Kier molecular flexibility index (Phi) is 6.57. The number of carbonyl (C=O) groups is 1. The van der Waals surface area contributed by atoms with E-state index in [-0.39, 0.29) is 5.91 Å². The lowest BCUT2D eigenvalue weighted by Crippen LogP contribution is -2.32. The van der Waals surface area contributed by atoms with Crippen LogP contribution < -0.4 is 15.1 Å². The average molecular weight is 399 g/mol. The first-order valence-corrected chi connectivity index (χ1v) is 10.1. The summed E-state index contributed by atoms with van der Waals surface area (Å²) in [6.07, 6.45) is 4.35. The van der Waals surface area contributed by atoms with Gasteiger partial charge in [-0.15, -0.1) is 0 Å². The maximum Gasteiger partial charge on any atom is 0.251 e. The molecule has 148 valence electrons. The quantitative estimate of drug-likeness (QED) is 0.763. The summed E-state index contributed by atoms with van der Waals surface area (Å²) >= 11 is 6.22. The number of pyridine rings is 1. The van der Waals surface area contributed by atoms with Crippen molar-refractivity contribution in [3.63, 3.8) is 0 Å². The molecule has 0 fully saturated rings. The largest absolute Gasteiger partial charge is 0.369 e. The Bertz CT molecular complexity index is 848. The second-order valence-corrected chi connectivity index (χ2v) is 7.52. The minimum atomic E-state index is -0.0456. The fourth-order valence-corrected chi connectivity index (χ4v) is 3.71. The number of aromatic nitrogens is 1. The van der Waals surface area contributed by atoms with E-state index in [0.29, 0.717) is 24.0 Å². The Morgan fingerprint density at radius 3 is 2.61 bits per heavy atom. The van der Waals surface area contributed by atoms with Crippen LogP contribution in [0.15, 0.2) is 54.2 Å². The van der Waals surface area contributed by atoms with Gasteiger partial charge in [0.25, 0.3) is 5.91 Å². The van der Waals surface area contributed by atoms with E-state index in [4.69, 9.17) is 11.6 Å². The number of nitrogens with one attached hydrogen (secondary N) is 1. The van der Waals surface area contributed by atoms with Crippen LogP contribution in [0.3, 0.4) is 0 Å². The molecule has 1 aliphatic heterocycles. The molecule has 1 aromatic heterocycles. The number of rotatable bonds is 6. The van der Waals surface area contributed by atoms with Gasteiger partial charge in [0, 0.05) is 48.8 Å². The highest BCUT2D eigenvalue weighted by molar-refractivity contribution is 6.32. The molecular weight excluding hydrogens is 372 g/mol. The van der Waals surface area contributed by atoms with Crippen LogP contribution in [0.4, 0.5) is 17.2 Å². The molecule has 0 bridgehead atoms. The Labute approximate surface area is 172 Å². The Hall–Kier alpha value is -2.53. The van der Waals surface area contributed by atoms with Gasteiger partial charge in [0.2, 0.25) is 0 Å². The topological polar surface area (TPSA) is 48.5 Å². The summed E-state index contributed by atoms with van der Waals surface area (Å²) in [7, 11) is 0. The van der Waals surface area contributed by atoms with Crippen LogP contribution in [-0.2, 0) is 4.79 Å². The molecule has 1 aliphatic rings. The van der Waals surface area contributed by atoms with E-state index in [0.717, 1.165) is 35.9 Å². The third-order valence-corrected chi connectivity index (χ3v) is 5.26. The zero-order chi connectivity index (χ0) is 20.1. The summed E-state index contributed by atoms with van der Waals surface area (Å²) < 4.78 is 0. The van der Waals surface area contributed by atoms with Crippen LogP contribution in [0.5, 0.6) is 0 Å². The van der Waals surface area contributed by atoms with Crippen molar-refractivity contribution in [2.45, 2.75) is 33.2 Å². The van der Waals surface area contributed by atoms with E-state index < -0.39 is 0 Å². The lowest BCUT2D eigenvalue weighted by Gasteiger charge is -2.28. The molecule has 5 nitrogen and oxygen atoms in total. The van der Waals surface area contributed by atoms with Gasteiger partial charge >= 0.3 is 0 Å². The van der Waals surface area contributed by atoms with Gasteiger partial charge in [-0.1, -0.05) is 17.7 Å². The third kappa shape index (κ3) is 4.65. The highest BCUT2D eigenvalue weighted by Crippen LogP contribution is 2.26. The van der Waals surface area contributed by atoms with E-state index in [9.17, 15) is 4.79 Å². The van der Waals surface area contributed by atoms with E-state index in [1.165, 1.54) is 0 Å². The molecule has 28 heavy (non-hydrogen) atoms. The molecule has 0 spiro atoms. The zero-order valence-electron chi connectivity index (χ0n) is 16.7. The zero-order valence-corrected chi connectivity index (χ0v) is 17.4. The molecule has 0 radical (unpaired) electrons. The molecule has 0 aliphatic carbocycles. The minimum absolute atomic E-state index is 0.0456. The maximum atomic E-state index is 12.6. The fraction of sp³-hybridized carbons (Fsp3) is 0.364. The minimum Gasteiger partial charge on any atom is -0.369 e. The summed E-state index contributed by atoms with van der Waals surface area (Å²) in [6, 6.07) is 12.1. The molecule has 0 unspecified atom stereocenters. The van der Waals surface area contributed by atoms with Gasteiger partial charge in [-0.05, 0) is 63.6 Å². The van der Waals surface area contributed by atoms with Crippen molar-refractivity contribution in [1.82, 2.24) is 4.98 Å². The maximum absolute atomic E-state index is 12.6. The van der Waals surface area contributed by atoms with Gasteiger partial charge in [-0.25, -0.2) is 4.98 Å². The lowest BCUT2D eigenvalue weighted by molar-refractivity contribution is -0.113. The summed E-state index contributed by atoms with van der Waals surface area (Å²) in [5, 5.41) is 3.64. The van der Waals surface area contributed by atoms with Gasteiger partial charge in [0.1, 0.15) is 5.82 Å². The predicted molar refractivity (Wildman–Crippen MR) is 117 cm³/mol. The first kappa shape index (κ1) is 20.2. The van der Waals surface area contributed by atoms with E-state index >= 15 is 0 Å². The summed E-state index contributed by atoms with van der Waals surface area (Å²) in [4.78, 5) is 21.3. The number of nitrogens with zero attached hydrogens (tertiary/aromatic N) is 3. The highest BCUT2D eigenvalue weighted by Gasteiger charge is 2.19. The van der Waals surface area contributed by atoms with Gasteiger partial charge in [-0.3, -0.25) is 4.79 Å². The first-order chi connectivity index (χ1) is 13.5. The predicted octanol–water partition coefficient (Wildman–Crippen LogP) is 4.74. The standard InChI is InChI=1S/C22H27ClN4O/c1-4-27(16(2)3)19-9-7-18(8-10-19)25-22(28)17-11-14-26(15-12-17)21-20(23)6-5-13-24-21/h5-11,13,16H,4,12,14-15H2,1-3H3,(H,25,28). The Morgan fingerprint density at radius 1 is 1.29 bits per heavy atom. The smallest absolute Gasteiger partial charge is 0.251 e. The van der Waals surface area contributed by atoms with Crippen molar-refractivity contribution in [3.05, 3.63) is 59.3 Å². The van der Waals surface area contributed by atoms with Crippen LogP contribution in [0.2, 0.25) is 5.02 Å². The number of amides is 1. The summed E-state index contributed by atoms with van der Waals surface area (Å²) in [5.74, 6) is 0.719. The molecule has 6 heteroatoms. The van der Waals surface area contributed by atoms with Crippen molar-refractivity contribution in [3.8, 4) is 0 Å². The number of halogens is 1. The van der Waals surface area contributed by atoms with Crippen LogP contribution >= 0.6 is 11.6 Å². The molecule has 2 aromatic rings. The summed E-state index contributed by atoms with van der Waals surface area (Å²) in [6.45, 7) is 8.79. The lowest BCUT2D eigenvalue weighted by atomic mass is 10.1. The Balaban J connectivity index is 1.62.